The fraction of sp³-hybridized carbons (Fsp3) is 0.444. The van der Waals surface area contributed by atoms with Crippen LogP contribution in [0.2, 0.25) is 0 Å². The maximum Gasteiger partial charge on any atom is 0.318 e. The predicted molar refractivity (Wildman–Crippen MR) is 93.6 cm³/mol. The first kappa shape index (κ1) is 21.1. The van der Waals surface area contributed by atoms with Crippen molar-refractivity contribution in [1.82, 2.24) is 5.32 Å². The molecule has 0 spiro atoms. The number of rotatable bonds is 9. The molecule has 0 bridgehead atoms. The van der Waals surface area contributed by atoms with Crippen molar-refractivity contribution < 1.29 is 28.7 Å². The van der Waals surface area contributed by atoms with E-state index in [4.69, 9.17) is 15.2 Å². The highest BCUT2D eigenvalue weighted by atomic mass is 16.5. The first-order valence-electron chi connectivity index (χ1n) is 8.30. The van der Waals surface area contributed by atoms with Crippen LogP contribution < -0.4 is 15.8 Å². The minimum atomic E-state index is -1.16. The molecule has 3 amide bonds. The van der Waals surface area contributed by atoms with E-state index in [2.05, 4.69) is 0 Å². The summed E-state index contributed by atoms with van der Waals surface area (Å²) in [5.41, 5.74) is 5.34. The summed E-state index contributed by atoms with van der Waals surface area (Å²) < 4.78 is 10.4. The van der Waals surface area contributed by atoms with Crippen molar-refractivity contribution in [3.05, 3.63) is 29.8 Å². The largest absolute Gasteiger partial charge is 0.494 e. The van der Waals surface area contributed by atoms with Gasteiger partial charge in [0.25, 0.3) is 5.91 Å². The van der Waals surface area contributed by atoms with E-state index in [9.17, 15) is 19.2 Å². The van der Waals surface area contributed by atoms with E-state index in [1.165, 1.54) is 0 Å². The molecule has 1 rings (SSSR count). The smallest absolute Gasteiger partial charge is 0.318 e. The molecule has 8 heteroatoms. The highest BCUT2D eigenvalue weighted by Gasteiger charge is 2.27. The van der Waals surface area contributed by atoms with E-state index in [1.54, 1.807) is 38.1 Å². The molecule has 142 valence electrons. The normalized spacial score (nSPS) is 11.5. The quantitative estimate of drug-likeness (QED) is 0.508. The van der Waals surface area contributed by atoms with Gasteiger partial charge in [-0.15, -0.1) is 0 Å². The number of carbonyl (C=O) groups excluding carboxylic acids is 4. The second-order valence-corrected chi connectivity index (χ2v) is 5.89. The van der Waals surface area contributed by atoms with Gasteiger partial charge in [-0.05, 0) is 37.1 Å². The Balaban J connectivity index is 2.57. The van der Waals surface area contributed by atoms with Gasteiger partial charge in [-0.25, -0.2) is 4.79 Å². The summed E-state index contributed by atoms with van der Waals surface area (Å²) in [5.74, 6) is -1.43. The Labute approximate surface area is 152 Å². The third kappa shape index (κ3) is 6.92. The molecule has 0 heterocycles. The summed E-state index contributed by atoms with van der Waals surface area (Å²) in [6, 6.07) is 5.57. The summed E-state index contributed by atoms with van der Waals surface area (Å²) in [7, 11) is 0. The maximum atomic E-state index is 12.1. The van der Waals surface area contributed by atoms with Crippen LogP contribution in [0.4, 0.5) is 4.79 Å². The fourth-order valence-corrected chi connectivity index (χ4v) is 2.15. The van der Waals surface area contributed by atoms with Crippen LogP contribution in [0, 0.1) is 5.92 Å². The Morgan fingerprint density at radius 3 is 2.19 bits per heavy atom. The molecule has 0 fully saturated rings. The van der Waals surface area contributed by atoms with Crippen LogP contribution in [0.25, 0.3) is 0 Å². The summed E-state index contributed by atoms with van der Waals surface area (Å²) in [6.45, 7) is 5.70. The van der Waals surface area contributed by atoms with Crippen molar-refractivity contribution >= 4 is 23.7 Å². The van der Waals surface area contributed by atoms with E-state index in [-0.39, 0.29) is 24.5 Å². The summed E-state index contributed by atoms with van der Waals surface area (Å²) in [5, 5.41) is 1.88. The van der Waals surface area contributed by atoms with E-state index in [0.29, 0.717) is 17.9 Å². The fourth-order valence-electron chi connectivity index (χ4n) is 2.15. The Morgan fingerprint density at radius 2 is 1.69 bits per heavy atom. The predicted octanol–water partition coefficient (Wildman–Crippen LogP) is 1.81. The van der Waals surface area contributed by atoms with Crippen LogP contribution in [0.15, 0.2) is 24.3 Å². The number of imide groups is 1. The molecule has 0 aliphatic heterocycles. The number of ketones is 1. The molecule has 1 atom stereocenters. The number of benzene rings is 1. The first-order chi connectivity index (χ1) is 12.2. The molecule has 1 aromatic carbocycles. The lowest BCUT2D eigenvalue weighted by atomic mass is 10.1. The molecule has 0 saturated heterocycles. The second kappa shape index (κ2) is 10.2. The van der Waals surface area contributed by atoms with Crippen molar-refractivity contribution in [1.29, 1.82) is 0 Å². The Kier molecular flexibility index (Phi) is 8.27. The summed E-state index contributed by atoms with van der Waals surface area (Å²) in [6.07, 6.45) is -1.40. The molecule has 0 aromatic heterocycles. The molecule has 3 N–H and O–H groups in total. The Morgan fingerprint density at radius 1 is 1.08 bits per heavy atom. The number of primary amides is 1. The number of nitrogens with one attached hydrogen (secondary N) is 1. The van der Waals surface area contributed by atoms with Crippen LogP contribution in [0.5, 0.6) is 5.75 Å². The van der Waals surface area contributed by atoms with Gasteiger partial charge in [-0.3, -0.25) is 19.7 Å². The monoisotopic (exact) mass is 364 g/mol. The molecule has 8 nitrogen and oxygen atoms in total. The van der Waals surface area contributed by atoms with Gasteiger partial charge >= 0.3 is 12.0 Å². The molecule has 0 aliphatic rings. The lowest BCUT2D eigenvalue weighted by Crippen LogP contribution is -2.45. The zero-order chi connectivity index (χ0) is 19.7. The molecular formula is C18H24N2O6. The zero-order valence-electron chi connectivity index (χ0n) is 15.1. The van der Waals surface area contributed by atoms with Crippen LogP contribution in [0.1, 0.15) is 44.0 Å². The average Bonchev–Trinajstić information content (AvgIpc) is 2.57. The van der Waals surface area contributed by atoms with Crippen molar-refractivity contribution in [3.63, 3.8) is 0 Å². The highest BCUT2D eigenvalue weighted by Crippen LogP contribution is 2.15. The first-order valence-corrected chi connectivity index (χ1v) is 8.30. The molecule has 26 heavy (non-hydrogen) atoms. The average molecular weight is 364 g/mol. The van der Waals surface area contributed by atoms with E-state index in [0.717, 1.165) is 0 Å². The number of ether oxygens (including phenoxy) is 2. The van der Waals surface area contributed by atoms with Crippen molar-refractivity contribution in [2.75, 3.05) is 6.61 Å². The minimum absolute atomic E-state index is 0.0604. The molecule has 0 unspecified atom stereocenters. The standard InChI is InChI=1S/C18H24N2O6/c1-4-25-13-7-5-12(6-8-13)14(21)9-10-15(22)26-16(11(2)3)17(23)20-18(19)24/h5-8,11,16H,4,9-10H2,1-3H3,(H3,19,20,23,24)/t16-/m1/s1. The third-order valence-electron chi connectivity index (χ3n) is 3.41. The van der Waals surface area contributed by atoms with Gasteiger partial charge in [0.1, 0.15) is 5.75 Å². The van der Waals surface area contributed by atoms with Gasteiger partial charge in [0.15, 0.2) is 11.9 Å². The van der Waals surface area contributed by atoms with Crippen molar-refractivity contribution in [2.45, 2.75) is 39.7 Å². The number of amides is 3. The van der Waals surface area contributed by atoms with Crippen molar-refractivity contribution in [3.8, 4) is 5.75 Å². The number of urea groups is 1. The van der Waals surface area contributed by atoms with Gasteiger partial charge in [0.2, 0.25) is 0 Å². The maximum absolute atomic E-state index is 12.1. The molecule has 0 saturated carbocycles. The number of Topliss-reactive ketones (excluding diaryl/α,β-unsaturated/α-hetero) is 1. The van der Waals surface area contributed by atoms with E-state index < -0.39 is 24.0 Å². The third-order valence-corrected chi connectivity index (χ3v) is 3.41. The van der Waals surface area contributed by atoms with Gasteiger partial charge in [-0.2, -0.15) is 0 Å². The number of hydrogen-bond acceptors (Lipinski definition) is 6. The van der Waals surface area contributed by atoms with E-state index >= 15 is 0 Å². The van der Waals surface area contributed by atoms with Crippen LogP contribution in [-0.2, 0) is 14.3 Å². The molecule has 0 radical (unpaired) electrons. The molecular weight excluding hydrogens is 340 g/mol. The SMILES string of the molecule is CCOc1ccc(C(=O)CCC(=O)O[C@@H](C(=O)NC(N)=O)C(C)C)cc1. The van der Waals surface area contributed by atoms with Crippen molar-refractivity contribution in [2.24, 2.45) is 11.7 Å². The molecule has 1 aromatic rings. The summed E-state index contributed by atoms with van der Waals surface area (Å²) in [4.78, 5) is 46.6. The summed E-state index contributed by atoms with van der Waals surface area (Å²) >= 11 is 0. The lowest BCUT2D eigenvalue weighted by molar-refractivity contribution is -0.158. The Hall–Kier alpha value is -2.90. The zero-order valence-corrected chi connectivity index (χ0v) is 15.1. The number of carbonyl (C=O) groups is 4. The van der Waals surface area contributed by atoms with Gasteiger partial charge in [0, 0.05) is 12.0 Å². The Bertz CT molecular complexity index is 654. The molecule has 0 aliphatic carbocycles. The number of hydrogen-bond donors (Lipinski definition) is 2. The number of nitrogens with two attached hydrogens (primary N) is 1. The van der Waals surface area contributed by atoms with Crippen LogP contribution >= 0.6 is 0 Å². The van der Waals surface area contributed by atoms with Gasteiger partial charge in [0.05, 0.1) is 13.0 Å². The number of esters is 1. The van der Waals surface area contributed by atoms with Gasteiger partial charge < -0.3 is 15.2 Å². The topological polar surface area (TPSA) is 125 Å². The second-order valence-electron chi connectivity index (χ2n) is 5.89. The highest BCUT2D eigenvalue weighted by molar-refractivity contribution is 5.98. The van der Waals surface area contributed by atoms with Crippen LogP contribution in [0.3, 0.4) is 0 Å². The lowest BCUT2D eigenvalue weighted by Gasteiger charge is -2.19. The van der Waals surface area contributed by atoms with Gasteiger partial charge in [-0.1, -0.05) is 13.8 Å². The minimum Gasteiger partial charge on any atom is -0.494 e. The van der Waals surface area contributed by atoms with E-state index in [1.807, 2.05) is 12.2 Å². The van der Waals surface area contributed by atoms with Crippen LogP contribution in [-0.4, -0.2) is 36.4 Å².